The van der Waals surface area contributed by atoms with Gasteiger partial charge in [-0.1, -0.05) is 11.6 Å². The van der Waals surface area contributed by atoms with Crippen molar-refractivity contribution in [2.45, 2.75) is 0 Å². The maximum Gasteiger partial charge on any atom is 0.257 e. The zero-order valence-corrected chi connectivity index (χ0v) is 22.6. The van der Waals surface area contributed by atoms with Gasteiger partial charge < -0.3 is 20.4 Å². The molecule has 0 bridgehead atoms. The highest BCUT2D eigenvalue weighted by molar-refractivity contribution is 6.35. The molecule has 5 rings (SSSR count). The predicted octanol–water partition coefficient (Wildman–Crippen LogP) is 4.65. The number of carbonyl (C=O) groups excluding carboxylic acids is 2. The molecule has 196 valence electrons. The van der Waals surface area contributed by atoms with E-state index in [1.807, 2.05) is 62.6 Å². The first kappa shape index (κ1) is 27.2. The van der Waals surface area contributed by atoms with Gasteiger partial charge in [-0.2, -0.15) is 0 Å². The highest BCUT2D eigenvalue weighted by atomic mass is 35.5. The number of carbonyl (C=O) groups is 2. The van der Waals surface area contributed by atoms with Crippen molar-refractivity contribution in [2.24, 2.45) is 9.98 Å². The second-order valence-electron chi connectivity index (χ2n) is 9.01. The van der Waals surface area contributed by atoms with Gasteiger partial charge in [-0.05, 0) is 66.7 Å². The average molecular weight is 551 g/mol. The number of aliphatic imine (C=N–C) groups is 2. The van der Waals surface area contributed by atoms with Gasteiger partial charge in [0.2, 0.25) is 0 Å². The van der Waals surface area contributed by atoms with E-state index >= 15 is 0 Å². The summed E-state index contributed by atoms with van der Waals surface area (Å²) in [5.74, 6) is 1.23. The third kappa shape index (κ3) is 5.82. The Bertz CT molecular complexity index is 1400. The van der Waals surface area contributed by atoms with Gasteiger partial charge in [0.15, 0.2) is 0 Å². The van der Waals surface area contributed by atoms with Crippen molar-refractivity contribution >= 4 is 58.9 Å². The number of hydrogen-bond donors (Lipinski definition) is 2. The predicted molar refractivity (Wildman–Crippen MR) is 156 cm³/mol. The number of likely N-dealkylation sites (N-methyl/N-ethyl adjacent to an activating group) is 2. The first-order chi connectivity index (χ1) is 17.9. The number of halogens is 2. The second-order valence-corrected chi connectivity index (χ2v) is 9.42. The summed E-state index contributed by atoms with van der Waals surface area (Å²) in [6.45, 7) is 3.39. The Morgan fingerprint density at radius 2 is 1.21 bits per heavy atom. The van der Waals surface area contributed by atoms with E-state index in [0.29, 0.717) is 16.9 Å². The van der Waals surface area contributed by atoms with Crippen molar-refractivity contribution in [1.82, 2.24) is 9.80 Å². The molecule has 0 aromatic heterocycles. The van der Waals surface area contributed by atoms with Gasteiger partial charge in [-0.15, -0.1) is 12.4 Å². The molecule has 0 unspecified atom stereocenters. The van der Waals surface area contributed by atoms with Crippen LogP contribution in [0.1, 0.15) is 31.8 Å². The highest BCUT2D eigenvalue weighted by Crippen LogP contribution is 2.22. The molecule has 0 saturated heterocycles. The lowest BCUT2D eigenvalue weighted by Crippen LogP contribution is -2.23. The van der Waals surface area contributed by atoms with Crippen LogP contribution in [-0.4, -0.2) is 73.6 Å². The van der Waals surface area contributed by atoms with Gasteiger partial charge in [0.25, 0.3) is 11.8 Å². The van der Waals surface area contributed by atoms with Crippen LogP contribution >= 0.6 is 24.0 Å². The summed E-state index contributed by atoms with van der Waals surface area (Å²) >= 11 is 6.39. The van der Waals surface area contributed by atoms with Crippen LogP contribution in [0.15, 0.2) is 76.7 Å². The second kappa shape index (κ2) is 11.7. The molecule has 2 aliphatic heterocycles. The quantitative estimate of drug-likeness (QED) is 0.467. The molecule has 2 aliphatic rings. The first-order valence-corrected chi connectivity index (χ1v) is 12.4. The van der Waals surface area contributed by atoms with Crippen LogP contribution in [0, 0.1) is 0 Å². The fraction of sp³-hybridized carbons (Fsp3) is 0.214. The summed E-state index contributed by atoms with van der Waals surface area (Å²) in [5.41, 5.74) is 3.95. The minimum Gasteiger partial charge on any atom is -0.358 e. The van der Waals surface area contributed by atoms with E-state index in [-0.39, 0.29) is 34.8 Å². The highest BCUT2D eigenvalue weighted by Gasteiger charge is 2.17. The van der Waals surface area contributed by atoms with Crippen molar-refractivity contribution in [1.29, 1.82) is 0 Å². The van der Waals surface area contributed by atoms with Crippen LogP contribution in [0.4, 0.5) is 11.4 Å². The number of amidine groups is 2. The van der Waals surface area contributed by atoms with Crippen LogP contribution in [-0.2, 0) is 0 Å². The maximum absolute atomic E-state index is 12.8. The summed E-state index contributed by atoms with van der Waals surface area (Å²) in [7, 11) is 4.02. The zero-order chi connectivity index (χ0) is 25.9. The van der Waals surface area contributed by atoms with E-state index in [9.17, 15) is 9.59 Å². The number of amides is 2. The monoisotopic (exact) mass is 550 g/mol. The summed E-state index contributed by atoms with van der Waals surface area (Å²) in [6.07, 6.45) is 0. The Hall–Kier alpha value is -3.88. The van der Waals surface area contributed by atoms with Crippen molar-refractivity contribution in [3.05, 3.63) is 94.0 Å². The smallest absolute Gasteiger partial charge is 0.257 e. The van der Waals surface area contributed by atoms with Crippen LogP contribution < -0.4 is 10.6 Å². The molecule has 0 fully saturated rings. The van der Waals surface area contributed by atoms with Crippen molar-refractivity contribution < 1.29 is 9.59 Å². The van der Waals surface area contributed by atoms with Crippen LogP contribution in [0.2, 0.25) is 5.02 Å². The molecule has 10 heteroatoms. The molecule has 0 radical (unpaired) electrons. The SMILES string of the molecule is CN1CCN=C1c1ccc(NC(=O)c2ccc(C(=O)Nc3ccc(C4=NCCN4C)cc3)c(Cl)c2)cc1.Cl. The summed E-state index contributed by atoms with van der Waals surface area (Å²) in [4.78, 5) is 38.8. The number of nitrogens with one attached hydrogen (secondary N) is 2. The molecule has 0 aliphatic carbocycles. The Labute approximate surface area is 232 Å². The maximum atomic E-state index is 12.8. The molecular formula is C28H28Cl2N6O2. The minimum absolute atomic E-state index is 0. The molecular weight excluding hydrogens is 523 g/mol. The van der Waals surface area contributed by atoms with Crippen LogP contribution in [0.3, 0.4) is 0 Å². The summed E-state index contributed by atoms with van der Waals surface area (Å²) in [6, 6.07) is 19.7. The topological polar surface area (TPSA) is 89.4 Å². The Kier molecular flexibility index (Phi) is 8.34. The number of benzene rings is 3. The van der Waals surface area contributed by atoms with E-state index in [4.69, 9.17) is 11.6 Å². The Morgan fingerprint density at radius 1 is 0.737 bits per heavy atom. The molecule has 0 atom stereocenters. The van der Waals surface area contributed by atoms with Crippen LogP contribution in [0.25, 0.3) is 0 Å². The fourth-order valence-corrected chi connectivity index (χ4v) is 4.60. The number of hydrogen-bond acceptors (Lipinski definition) is 6. The third-order valence-corrected chi connectivity index (χ3v) is 6.71. The van der Waals surface area contributed by atoms with E-state index < -0.39 is 0 Å². The van der Waals surface area contributed by atoms with E-state index in [0.717, 1.165) is 49.0 Å². The molecule has 38 heavy (non-hydrogen) atoms. The fourth-order valence-electron chi connectivity index (χ4n) is 4.34. The van der Waals surface area contributed by atoms with Gasteiger partial charge in [-0.3, -0.25) is 19.6 Å². The van der Waals surface area contributed by atoms with Gasteiger partial charge in [0.05, 0.1) is 23.7 Å². The van der Waals surface area contributed by atoms with E-state index in [2.05, 4.69) is 30.4 Å². The van der Waals surface area contributed by atoms with Gasteiger partial charge in [-0.25, -0.2) is 0 Å². The molecule has 3 aromatic rings. The van der Waals surface area contributed by atoms with Crippen molar-refractivity contribution in [2.75, 3.05) is 50.9 Å². The summed E-state index contributed by atoms with van der Waals surface area (Å²) in [5, 5.41) is 5.92. The third-order valence-electron chi connectivity index (χ3n) is 6.39. The normalized spacial score (nSPS) is 14.5. The van der Waals surface area contributed by atoms with Gasteiger partial charge in [0, 0.05) is 55.2 Å². The zero-order valence-electron chi connectivity index (χ0n) is 21.1. The van der Waals surface area contributed by atoms with Gasteiger partial charge in [0.1, 0.15) is 11.7 Å². The standard InChI is InChI=1S/C28H27ClN6O2.ClH/c1-34-15-13-30-25(34)18-3-8-21(9-4-18)32-27(36)20-7-12-23(24(29)17-20)28(37)33-22-10-5-19(6-11-22)26-31-14-16-35(26)2;/h3-12,17H,13-16H2,1-2H3,(H,32,36)(H,33,37);1H. The largest absolute Gasteiger partial charge is 0.358 e. The lowest BCUT2D eigenvalue weighted by atomic mass is 10.1. The Balaban J connectivity index is 0.00000336. The molecule has 0 saturated carbocycles. The lowest BCUT2D eigenvalue weighted by molar-refractivity contribution is 0.101. The molecule has 2 amide bonds. The molecule has 0 spiro atoms. The summed E-state index contributed by atoms with van der Waals surface area (Å²) < 4.78 is 0. The first-order valence-electron chi connectivity index (χ1n) is 12.0. The number of nitrogens with zero attached hydrogens (tertiary/aromatic N) is 4. The number of rotatable bonds is 6. The van der Waals surface area contributed by atoms with E-state index in [1.54, 1.807) is 12.1 Å². The lowest BCUT2D eigenvalue weighted by Gasteiger charge is -2.14. The average Bonchev–Trinajstić information content (AvgIpc) is 3.52. The Morgan fingerprint density at radius 3 is 1.63 bits per heavy atom. The molecule has 8 nitrogen and oxygen atoms in total. The van der Waals surface area contributed by atoms with Crippen molar-refractivity contribution in [3.63, 3.8) is 0 Å². The van der Waals surface area contributed by atoms with E-state index in [1.165, 1.54) is 6.07 Å². The molecule has 2 heterocycles. The van der Waals surface area contributed by atoms with Crippen molar-refractivity contribution in [3.8, 4) is 0 Å². The van der Waals surface area contributed by atoms with Crippen LogP contribution in [0.5, 0.6) is 0 Å². The number of anilines is 2. The minimum atomic E-state index is -0.351. The molecule has 3 aromatic carbocycles. The molecule has 2 N–H and O–H groups in total. The van der Waals surface area contributed by atoms with Gasteiger partial charge >= 0.3 is 0 Å².